The summed E-state index contributed by atoms with van der Waals surface area (Å²) in [6.07, 6.45) is -2.99. The highest BCUT2D eigenvalue weighted by atomic mass is 16.7. The first-order valence-corrected chi connectivity index (χ1v) is 11.4. The largest absolute Gasteiger partial charge is 0.462 e. The van der Waals surface area contributed by atoms with Gasteiger partial charge >= 0.3 is 0 Å². The van der Waals surface area contributed by atoms with E-state index in [4.69, 9.17) is 9.47 Å². The molecule has 0 spiro atoms. The van der Waals surface area contributed by atoms with Gasteiger partial charge in [-0.15, -0.1) is 0 Å². The van der Waals surface area contributed by atoms with Crippen molar-refractivity contribution in [1.29, 1.82) is 0 Å². The number of aliphatic hydroxyl groups excluding tert-OH is 3. The number of nitrogens with zero attached hydrogens (tertiary/aromatic N) is 2. The van der Waals surface area contributed by atoms with Gasteiger partial charge in [0.25, 0.3) is 5.69 Å². The molecule has 2 aromatic rings. The molecule has 12 nitrogen and oxygen atoms in total. The van der Waals surface area contributed by atoms with Gasteiger partial charge in [-0.3, -0.25) is 19.7 Å². The SMILES string of the molecule is CC(=O)N[C@@H]1[C@H](Oc2ccc([N+](=O)[O-])cc2C(=O)/C=C/c2ccc(N(C)C)cc2)O[C@H](CO)[C@@H](O)[C@@H]1O. The summed E-state index contributed by atoms with van der Waals surface area (Å²) in [7, 11) is 3.79. The lowest BCUT2D eigenvalue weighted by Crippen LogP contribution is -2.65. The average molecular weight is 516 g/mol. The number of nitrogens with one attached hydrogen (secondary N) is 1. The number of non-ortho nitro benzene ring substituents is 1. The summed E-state index contributed by atoms with van der Waals surface area (Å²) < 4.78 is 11.3. The molecule has 0 aliphatic carbocycles. The van der Waals surface area contributed by atoms with Crippen molar-refractivity contribution in [2.75, 3.05) is 25.6 Å². The van der Waals surface area contributed by atoms with Crippen LogP contribution in [0.2, 0.25) is 0 Å². The number of hydrogen-bond acceptors (Lipinski definition) is 10. The number of carbonyl (C=O) groups is 2. The molecule has 1 aliphatic rings. The van der Waals surface area contributed by atoms with Crippen LogP contribution in [0, 0.1) is 10.1 Å². The lowest BCUT2D eigenvalue weighted by atomic mass is 9.97. The smallest absolute Gasteiger partial charge is 0.270 e. The average Bonchev–Trinajstić information content (AvgIpc) is 2.86. The first kappa shape index (κ1) is 27.7. The Labute approximate surface area is 212 Å². The Morgan fingerprint density at radius 1 is 1.16 bits per heavy atom. The number of benzene rings is 2. The number of allylic oxidation sites excluding steroid dienone is 1. The standard InChI is InChI=1S/C25H29N3O9/c1-14(30)26-22-24(33)23(32)21(13-29)37-25(22)36-20-11-9-17(28(34)35)12-18(20)19(31)10-6-15-4-7-16(8-5-15)27(2)3/h4-12,21-25,29,32-33H,13H2,1-3H3,(H,26,30)/b10-6+/t21-,22+,23-,24-,25-/m1/s1. The van der Waals surface area contributed by atoms with Gasteiger partial charge < -0.3 is 35.0 Å². The quantitative estimate of drug-likeness (QED) is 0.163. The van der Waals surface area contributed by atoms with Crippen molar-refractivity contribution in [2.45, 2.75) is 37.6 Å². The van der Waals surface area contributed by atoms with Gasteiger partial charge in [0, 0.05) is 38.8 Å². The molecular formula is C25H29N3O9. The summed E-state index contributed by atoms with van der Waals surface area (Å²) in [6, 6.07) is 9.45. The molecule has 2 aromatic carbocycles. The second kappa shape index (κ2) is 11.9. The number of ketones is 1. The van der Waals surface area contributed by atoms with Crippen LogP contribution < -0.4 is 15.0 Å². The van der Waals surface area contributed by atoms with Crippen molar-refractivity contribution in [2.24, 2.45) is 0 Å². The predicted molar refractivity (Wildman–Crippen MR) is 133 cm³/mol. The molecule has 4 N–H and O–H groups in total. The third-order valence-corrected chi connectivity index (χ3v) is 5.77. The minimum atomic E-state index is -1.57. The number of nitro benzene ring substituents is 1. The van der Waals surface area contributed by atoms with Crippen molar-refractivity contribution in [3.63, 3.8) is 0 Å². The molecule has 0 unspecified atom stereocenters. The number of rotatable bonds is 9. The van der Waals surface area contributed by atoms with E-state index in [0.717, 1.165) is 23.4 Å². The van der Waals surface area contributed by atoms with Gasteiger partial charge in [-0.2, -0.15) is 0 Å². The normalized spacial score (nSPS) is 23.5. The van der Waals surface area contributed by atoms with E-state index in [0.29, 0.717) is 0 Å². The molecule has 3 rings (SSSR count). The topological polar surface area (TPSA) is 172 Å². The van der Waals surface area contributed by atoms with E-state index >= 15 is 0 Å². The van der Waals surface area contributed by atoms with Gasteiger partial charge in [0.15, 0.2) is 5.78 Å². The summed E-state index contributed by atoms with van der Waals surface area (Å²) in [5, 5.41) is 44.0. The molecule has 0 aromatic heterocycles. The first-order valence-electron chi connectivity index (χ1n) is 11.4. The van der Waals surface area contributed by atoms with Gasteiger partial charge in [-0.05, 0) is 29.8 Å². The Balaban J connectivity index is 1.93. The monoisotopic (exact) mass is 515 g/mol. The second-order valence-electron chi connectivity index (χ2n) is 8.67. The van der Waals surface area contributed by atoms with Gasteiger partial charge in [0.05, 0.1) is 17.1 Å². The molecule has 0 saturated carbocycles. The molecule has 1 amide bonds. The van der Waals surface area contributed by atoms with Crippen molar-refractivity contribution in [3.8, 4) is 5.75 Å². The molecule has 198 valence electrons. The van der Waals surface area contributed by atoms with E-state index in [2.05, 4.69) is 5.32 Å². The molecule has 0 radical (unpaired) electrons. The lowest BCUT2D eigenvalue weighted by Gasteiger charge is -2.42. The number of anilines is 1. The molecule has 5 atom stereocenters. The second-order valence-corrected chi connectivity index (χ2v) is 8.67. The van der Waals surface area contributed by atoms with Crippen LogP contribution in [0.15, 0.2) is 48.5 Å². The molecule has 12 heteroatoms. The molecule has 1 fully saturated rings. The Hall–Kier alpha value is -3.84. The zero-order valence-corrected chi connectivity index (χ0v) is 20.5. The van der Waals surface area contributed by atoms with Gasteiger partial charge in [-0.1, -0.05) is 18.2 Å². The summed E-state index contributed by atoms with van der Waals surface area (Å²) in [6.45, 7) is 0.525. The molecule has 37 heavy (non-hydrogen) atoms. The van der Waals surface area contributed by atoms with E-state index in [1.807, 2.05) is 31.1 Å². The van der Waals surface area contributed by atoms with Crippen molar-refractivity contribution in [3.05, 3.63) is 69.8 Å². The maximum Gasteiger partial charge on any atom is 0.270 e. The molecular weight excluding hydrogens is 486 g/mol. The fourth-order valence-corrected chi connectivity index (χ4v) is 3.77. The number of nitro groups is 1. The summed E-state index contributed by atoms with van der Waals surface area (Å²) in [5.41, 5.74) is 1.16. The first-order chi connectivity index (χ1) is 17.5. The maximum atomic E-state index is 13.1. The molecule has 1 saturated heterocycles. The number of ether oxygens (including phenoxy) is 2. The minimum Gasteiger partial charge on any atom is -0.462 e. The van der Waals surface area contributed by atoms with Gasteiger partial charge in [-0.25, -0.2) is 0 Å². The summed E-state index contributed by atoms with van der Waals surface area (Å²) in [5.74, 6) is -1.29. The van der Waals surface area contributed by atoms with Gasteiger partial charge in [0.1, 0.15) is 30.1 Å². The van der Waals surface area contributed by atoms with E-state index < -0.39 is 53.9 Å². The number of carbonyl (C=O) groups excluding carboxylic acids is 2. The van der Waals surface area contributed by atoms with Crippen LogP contribution in [-0.2, 0) is 9.53 Å². The Kier molecular flexibility index (Phi) is 8.95. The number of hydrogen-bond donors (Lipinski definition) is 4. The lowest BCUT2D eigenvalue weighted by molar-refractivity contribution is -0.384. The third-order valence-electron chi connectivity index (χ3n) is 5.77. The summed E-state index contributed by atoms with van der Waals surface area (Å²) in [4.78, 5) is 37.4. The fraction of sp³-hybridized carbons (Fsp3) is 0.360. The Morgan fingerprint density at radius 3 is 2.41 bits per heavy atom. The van der Waals surface area contributed by atoms with E-state index in [1.54, 1.807) is 18.2 Å². The predicted octanol–water partition coefficient (Wildman–Crippen LogP) is 0.879. The Bertz CT molecular complexity index is 1170. The van der Waals surface area contributed by atoms with Crippen molar-refractivity contribution in [1.82, 2.24) is 5.32 Å². The van der Waals surface area contributed by atoms with Crippen LogP contribution in [0.1, 0.15) is 22.8 Å². The molecule has 0 bridgehead atoms. The van der Waals surface area contributed by atoms with Crippen LogP contribution in [0.5, 0.6) is 5.75 Å². The highest BCUT2D eigenvalue weighted by molar-refractivity contribution is 6.09. The van der Waals surface area contributed by atoms with Crippen molar-refractivity contribution >= 4 is 29.1 Å². The van der Waals surface area contributed by atoms with E-state index in [-0.39, 0.29) is 17.0 Å². The van der Waals surface area contributed by atoms with Crippen LogP contribution in [-0.4, -0.2) is 83.3 Å². The zero-order valence-electron chi connectivity index (χ0n) is 20.5. The molecule has 1 heterocycles. The highest BCUT2D eigenvalue weighted by Gasteiger charge is 2.46. The van der Waals surface area contributed by atoms with Gasteiger partial charge in [0.2, 0.25) is 12.2 Å². The van der Waals surface area contributed by atoms with Crippen molar-refractivity contribution < 1.29 is 39.3 Å². The van der Waals surface area contributed by atoms with Crippen LogP contribution in [0.3, 0.4) is 0 Å². The third kappa shape index (κ3) is 6.68. The zero-order chi connectivity index (χ0) is 27.3. The van der Waals surface area contributed by atoms with E-state index in [1.165, 1.54) is 19.1 Å². The maximum absolute atomic E-state index is 13.1. The number of aliphatic hydroxyl groups is 3. The Morgan fingerprint density at radius 2 is 1.84 bits per heavy atom. The summed E-state index contributed by atoms with van der Waals surface area (Å²) >= 11 is 0. The number of amides is 1. The minimum absolute atomic E-state index is 0.121. The molecule has 1 aliphatic heterocycles. The highest BCUT2D eigenvalue weighted by Crippen LogP contribution is 2.30. The fourth-order valence-electron chi connectivity index (χ4n) is 3.77. The van der Waals surface area contributed by atoms with Crippen LogP contribution in [0.4, 0.5) is 11.4 Å². The van der Waals surface area contributed by atoms with E-state index in [9.17, 15) is 35.0 Å². The van der Waals surface area contributed by atoms with Crippen LogP contribution in [0.25, 0.3) is 6.08 Å². The van der Waals surface area contributed by atoms with Crippen LogP contribution >= 0.6 is 0 Å².